The Kier molecular flexibility index (Phi) is 2.29. The van der Waals surface area contributed by atoms with Gasteiger partial charge in [0.15, 0.2) is 0 Å². The van der Waals surface area contributed by atoms with Crippen molar-refractivity contribution >= 4 is 5.97 Å². The van der Waals surface area contributed by atoms with Crippen molar-refractivity contribution in [1.29, 1.82) is 0 Å². The maximum atomic E-state index is 10.7. The SMILES string of the molecule is O=C(O)CC(O)C12CC3CC(CC(C3)C1)C2. The average molecular weight is 224 g/mol. The lowest BCUT2D eigenvalue weighted by molar-refractivity contribution is -0.151. The Morgan fingerprint density at radius 2 is 1.56 bits per heavy atom. The summed E-state index contributed by atoms with van der Waals surface area (Å²) in [6, 6.07) is 0. The zero-order valence-electron chi connectivity index (χ0n) is 9.56. The number of aliphatic carboxylic acids is 1. The molecule has 1 atom stereocenters. The van der Waals surface area contributed by atoms with Crippen molar-refractivity contribution in [3.63, 3.8) is 0 Å². The Labute approximate surface area is 95.9 Å². The van der Waals surface area contributed by atoms with Crippen molar-refractivity contribution in [3.8, 4) is 0 Å². The van der Waals surface area contributed by atoms with Gasteiger partial charge in [-0.15, -0.1) is 0 Å². The van der Waals surface area contributed by atoms with Gasteiger partial charge in [-0.3, -0.25) is 4.79 Å². The van der Waals surface area contributed by atoms with Gasteiger partial charge >= 0.3 is 5.97 Å². The molecule has 1 unspecified atom stereocenters. The van der Waals surface area contributed by atoms with E-state index in [1.54, 1.807) is 0 Å². The number of hydrogen-bond donors (Lipinski definition) is 2. The van der Waals surface area contributed by atoms with E-state index >= 15 is 0 Å². The summed E-state index contributed by atoms with van der Waals surface area (Å²) in [5, 5.41) is 19.0. The summed E-state index contributed by atoms with van der Waals surface area (Å²) in [6.45, 7) is 0. The van der Waals surface area contributed by atoms with Gasteiger partial charge in [0.1, 0.15) is 0 Å². The molecule has 4 rings (SSSR count). The fourth-order valence-electron chi connectivity index (χ4n) is 4.97. The number of carboxylic acids is 1. The predicted molar refractivity (Wildman–Crippen MR) is 58.9 cm³/mol. The molecular formula is C13H20O3. The molecule has 90 valence electrons. The van der Waals surface area contributed by atoms with Crippen LogP contribution in [-0.2, 0) is 4.79 Å². The minimum absolute atomic E-state index is 0.0346. The molecule has 3 nitrogen and oxygen atoms in total. The van der Waals surface area contributed by atoms with Gasteiger partial charge in [0.2, 0.25) is 0 Å². The highest BCUT2D eigenvalue weighted by Gasteiger charge is 2.54. The van der Waals surface area contributed by atoms with Gasteiger partial charge in [0, 0.05) is 0 Å². The van der Waals surface area contributed by atoms with Crippen molar-refractivity contribution in [2.75, 3.05) is 0 Å². The Morgan fingerprint density at radius 1 is 1.12 bits per heavy atom. The molecule has 0 aromatic carbocycles. The van der Waals surface area contributed by atoms with E-state index in [0.29, 0.717) is 0 Å². The molecule has 3 heteroatoms. The normalized spacial score (nSPS) is 46.9. The third-order valence-corrected chi connectivity index (χ3v) is 5.16. The lowest BCUT2D eigenvalue weighted by Crippen LogP contribution is -2.52. The molecule has 0 spiro atoms. The quantitative estimate of drug-likeness (QED) is 0.771. The first-order chi connectivity index (χ1) is 7.57. The number of carboxylic acid groups (broad SMARTS) is 1. The summed E-state index contributed by atoms with van der Waals surface area (Å²) >= 11 is 0. The summed E-state index contributed by atoms with van der Waals surface area (Å²) in [7, 11) is 0. The van der Waals surface area contributed by atoms with E-state index < -0.39 is 12.1 Å². The predicted octanol–water partition coefficient (Wildman–Crippen LogP) is 2.04. The largest absolute Gasteiger partial charge is 0.481 e. The van der Waals surface area contributed by atoms with Crippen molar-refractivity contribution in [1.82, 2.24) is 0 Å². The number of rotatable bonds is 3. The van der Waals surface area contributed by atoms with Crippen LogP contribution in [-0.4, -0.2) is 22.3 Å². The van der Waals surface area contributed by atoms with Crippen molar-refractivity contribution in [3.05, 3.63) is 0 Å². The van der Waals surface area contributed by atoms with E-state index in [1.165, 1.54) is 19.3 Å². The van der Waals surface area contributed by atoms with Crippen LogP contribution in [0.25, 0.3) is 0 Å². The lowest BCUT2D eigenvalue weighted by Gasteiger charge is -2.58. The fraction of sp³-hybridized carbons (Fsp3) is 0.923. The van der Waals surface area contributed by atoms with E-state index in [-0.39, 0.29) is 11.8 Å². The highest BCUT2D eigenvalue weighted by atomic mass is 16.4. The van der Waals surface area contributed by atoms with Gasteiger partial charge in [0.05, 0.1) is 12.5 Å². The smallest absolute Gasteiger partial charge is 0.305 e. The van der Waals surface area contributed by atoms with Crippen LogP contribution in [0.4, 0.5) is 0 Å². The van der Waals surface area contributed by atoms with Gasteiger partial charge in [0.25, 0.3) is 0 Å². The fourth-order valence-corrected chi connectivity index (χ4v) is 4.97. The summed E-state index contributed by atoms with van der Waals surface area (Å²) in [5.41, 5.74) is -0.0346. The van der Waals surface area contributed by atoms with Crippen LogP contribution < -0.4 is 0 Å². The highest BCUT2D eigenvalue weighted by molar-refractivity contribution is 5.67. The average Bonchev–Trinajstić information content (AvgIpc) is 2.13. The molecule has 0 saturated heterocycles. The molecule has 4 aliphatic rings. The van der Waals surface area contributed by atoms with Crippen molar-refractivity contribution in [2.45, 2.75) is 51.0 Å². The molecule has 4 fully saturated rings. The number of carbonyl (C=O) groups is 1. The van der Waals surface area contributed by atoms with Crippen LogP contribution >= 0.6 is 0 Å². The van der Waals surface area contributed by atoms with Gasteiger partial charge in [-0.25, -0.2) is 0 Å². The molecule has 0 aliphatic heterocycles. The van der Waals surface area contributed by atoms with Crippen molar-refractivity contribution < 1.29 is 15.0 Å². The second-order valence-corrected chi connectivity index (χ2v) is 6.39. The molecule has 16 heavy (non-hydrogen) atoms. The third-order valence-electron chi connectivity index (χ3n) is 5.16. The minimum atomic E-state index is -0.858. The first-order valence-electron chi connectivity index (χ1n) is 6.47. The van der Waals surface area contributed by atoms with Gasteiger partial charge < -0.3 is 10.2 Å². The first kappa shape index (κ1) is 10.6. The summed E-state index contributed by atoms with van der Waals surface area (Å²) in [6.07, 6.45) is 6.55. The number of aliphatic hydroxyl groups is 1. The third kappa shape index (κ3) is 1.56. The topological polar surface area (TPSA) is 57.5 Å². The Bertz CT molecular complexity index is 275. The second kappa shape index (κ2) is 3.46. The Balaban J connectivity index is 1.80. The minimum Gasteiger partial charge on any atom is -0.481 e. The lowest BCUT2D eigenvalue weighted by atomic mass is 9.48. The van der Waals surface area contributed by atoms with Crippen LogP contribution in [0.5, 0.6) is 0 Å². The first-order valence-corrected chi connectivity index (χ1v) is 6.47. The number of aliphatic hydroxyl groups excluding tert-OH is 1. The van der Waals surface area contributed by atoms with Crippen LogP contribution in [0, 0.1) is 23.2 Å². The molecule has 4 aliphatic carbocycles. The van der Waals surface area contributed by atoms with Crippen LogP contribution in [0.15, 0.2) is 0 Å². The molecule has 0 radical (unpaired) electrons. The Morgan fingerprint density at radius 3 is 1.94 bits per heavy atom. The maximum absolute atomic E-state index is 10.7. The highest BCUT2D eigenvalue weighted by Crippen LogP contribution is 2.61. The Hall–Kier alpha value is -0.570. The molecule has 0 aromatic heterocycles. The summed E-state index contributed by atoms with van der Waals surface area (Å²) in [4.78, 5) is 10.7. The summed E-state index contributed by atoms with van der Waals surface area (Å²) in [5.74, 6) is 1.46. The molecule has 4 bridgehead atoms. The second-order valence-electron chi connectivity index (χ2n) is 6.39. The van der Waals surface area contributed by atoms with Gasteiger partial charge in [-0.2, -0.15) is 0 Å². The van der Waals surface area contributed by atoms with Gasteiger partial charge in [-0.05, 0) is 61.7 Å². The molecule has 0 amide bonds. The molecule has 0 aromatic rings. The van der Waals surface area contributed by atoms with Crippen LogP contribution in [0.3, 0.4) is 0 Å². The molecule has 0 heterocycles. The van der Waals surface area contributed by atoms with E-state index in [2.05, 4.69) is 0 Å². The van der Waals surface area contributed by atoms with Crippen LogP contribution in [0.2, 0.25) is 0 Å². The van der Waals surface area contributed by atoms with E-state index in [0.717, 1.165) is 37.0 Å². The van der Waals surface area contributed by atoms with Gasteiger partial charge in [-0.1, -0.05) is 0 Å². The monoisotopic (exact) mass is 224 g/mol. The van der Waals surface area contributed by atoms with Crippen LogP contribution in [0.1, 0.15) is 44.9 Å². The standard InChI is InChI=1S/C13H20O3/c14-11(4-12(15)16)13-5-8-1-9(6-13)3-10(2-8)7-13/h8-11,14H,1-7H2,(H,15,16). The van der Waals surface area contributed by atoms with E-state index in [4.69, 9.17) is 5.11 Å². The summed E-state index contributed by atoms with van der Waals surface area (Å²) < 4.78 is 0. The van der Waals surface area contributed by atoms with E-state index in [1.807, 2.05) is 0 Å². The molecule has 4 saturated carbocycles. The number of hydrogen-bond acceptors (Lipinski definition) is 2. The molecule has 2 N–H and O–H groups in total. The van der Waals surface area contributed by atoms with E-state index in [9.17, 15) is 9.90 Å². The zero-order chi connectivity index (χ0) is 11.3. The molecular weight excluding hydrogens is 204 g/mol. The zero-order valence-corrected chi connectivity index (χ0v) is 9.56. The maximum Gasteiger partial charge on any atom is 0.305 e. The van der Waals surface area contributed by atoms with Crippen molar-refractivity contribution in [2.24, 2.45) is 23.2 Å².